The van der Waals surface area contributed by atoms with Crippen molar-refractivity contribution >= 4 is 6.29 Å². The van der Waals surface area contributed by atoms with Crippen LogP contribution >= 0.6 is 0 Å². The van der Waals surface area contributed by atoms with Crippen LogP contribution in [-0.2, 0) is 5.41 Å². The van der Waals surface area contributed by atoms with Crippen molar-refractivity contribution in [1.82, 2.24) is 0 Å². The fourth-order valence-electron chi connectivity index (χ4n) is 1.66. The van der Waals surface area contributed by atoms with Gasteiger partial charge in [-0.2, -0.15) is 0 Å². The first kappa shape index (κ1) is 8.49. The molecule has 1 saturated carbocycles. The predicted octanol–water partition coefficient (Wildman–Crippen LogP) is 2.86. The Bertz CT molecular complexity index is 348. The van der Waals surface area contributed by atoms with Crippen molar-refractivity contribution in [2.24, 2.45) is 0 Å². The molecule has 1 aliphatic rings. The summed E-state index contributed by atoms with van der Waals surface area (Å²) < 4.78 is 0. The zero-order valence-electron chi connectivity index (χ0n) is 8.13. The zero-order valence-corrected chi connectivity index (χ0v) is 8.13. The lowest BCUT2D eigenvalue weighted by atomic mass is 9.95. The van der Waals surface area contributed by atoms with Crippen LogP contribution in [0.4, 0.5) is 0 Å². The molecule has 1 aliphatic carbocycles. The Labute approximate surface area is 78.8 Å². The minimum Gasteiger partial charge on any atom is -0.298 e. The van der Waals surface area contributed by atoms with E-state index in [0.717, 1.165) is 17.4 Å². The van der Waals surface area contributed by atoms with E-state index in [1.807, 2.05) is 13.0 Å². The maximum atomic E-state index is 10.6. The molecule has 0 spiro atoms. The molecule has 1 fully saturated rings. The van der Waals surface area contributed by atoms with Crippen LogP contribution in [0.2, 0.25) is 0 Å². The molecule has 0 atom stereocenters. The summed E-state index contributed by atoms with van der Waals surface area (Å²) in [6.07, 6.45) is 3.49. The molecule has 1 nitrogen and oxygen atoms in total. The van der Waals surface area contributed by atoms with Gasteiger partial charge in [-0.1, -0.05) is 25.1 Å². The second-order valence-corrected chi connectivity index (χ2v) is 4.25. The van der Waals surface area contributed by atoms with Gasteiger partial charge < -0.3 is 0 Å². The van der Waals surface area contributed by atoms with Crippen LogP contribution in [-0.4, -0.2) is 6.29 Å². The molecule has 0 amide bonds. The highest BCUT2D eigenvalue weighted by Gasteiger charge is 2.38. The van der Waals surface area contributed by atoms with Crippen molar-refractivity contribution < 1.29 is 4.79 Å². The fraction of sp³-hybridized carbons (Fsp3) is 0.417. The van der Waals surface area contributed by atoms with E-state index in [1.165, 1.54) is 18.4 Å². The van der Waals surface area contributed by atoms with Gasteiger partial charge in [0.15, 0.2) is 0 Å². The number of benzene rings is 1. The molecule has 1 heteroatoms. The van der Waals surface area contributed by atoms with Gasteiger partial charge in [0.05, 0.1) is 0 Å². The van der Waals surface area contributed by atoms with Gasteiger partial charge in [0.1, 0.15) is 6.29 Å². The highest BCUT2D eigenvalue weighted by Crippen LogP contribution is 2.47. The molecule has 0 N–H and O–H groups in total. The van der Waals surface area contributed by atoms with Gasteiger partial charge in [0.2, 0.25) is 0 Å². The molecular weight excluding hydrogens is 160 g/mol. The second-order valence-electron chi connectivity index (χ2n) is 4.25. The van der Waals surface area contributed by atoms with E-state index in [0.29, 0.717) is 5.41 Å². The number of carbonyl (C=O) groups is 1. The highest BCUT2D eigenvalue weighted by atomic mass is 16.1. The number of hydrogen-bond acceptors (Lipinski definition) is 1. The SMILES string of the molecule is Cc1cc(C2(C)CC2)ccc1C=O. The van der Waals surface area contributed by atoms with Crippen LogP contribution in [0.1, 0.15) is 41.3 Å². The monoisotopic (exact) mass is 174 g/mol. The van der Waals surface area contributed by atoms with Gasteiger partial charge >= 0.3 is 0 Å². The summed E-state index contributed by atoms with van der Waals surface area (Å²) in [6, 6.07) is 6.17. The Kier molecular flexibility index (Phi) is 1.76. The first-order valence-electron chi connectivity index (χ1n) is 4.72. The van der Waals surface area contributed by atoms with Crippen LogP contribution in [0, 0.1) is 6.92 Å². The average molecular weight is 174 g/mol. The van der Waals surface area contributed by atoms with Crippen LogP contribution in [0.25, 0.3) is 0 Å². The Hall–Kier alpha value is -1.11. The fourth-order valence-corrected chi connectivity index (χ4v) is 1.66. The van der Waals surface area contributed by atoms with E-state index in [2.05, 4.69) is 19.1 Å². The van der Waals surface area contributed by atoms with E-state index in [4.69, 9.17) is 0 Å². The normalized spacial score (nSPS) is 18.3. The van der Waals surface area contributed by atoms with E-state index < -0.39 is 0 Å². The molecule has 0 aromatic heterocycles. The Morgan fingerprint density at radius 3 is 2.54 bits per heavy atom. The van der Waals surface area contributed by atoms with Crippen molar-refractivity contribution in [3.63, 3.8) is 0 Å². The third-order valence-corrected chi connectivity index (χ3v) is 3.09. The predicted molar refractivity (Wildman–Crippen MR) is 53.2 cm³/mol. The lowest BCUT2D eigenvalue weighted by Crippen LogP contribution is -2.00. The summed E-state index contributed by atoms with van der Waals surface area (Å²) in [5.41, 5.74) is 3.70. The van der Waals surface area contributed by atoms with Crippen LogP contribution in [0.3, 0.4) is 0 Å². The Balaban J connectivity index is 2.41. The largest absolute Gasteiger partial charge is 0.298 e. The number of aldehydes is 1. The van der Waals surface area contributed by atoms with E-state index in [1.54, 1.807) is 0 Å². The van der Waals surface area contributed by atoms with E-state index in [-0.39, 0.29) is 0 Å². The minimum atomic E-state index is 0.409. The summed E-state index contributed by atoms with van der Waals surface area (Å²) >= 11 is 0. The molecule has 0 saturated heterocycles. The van der Waals surface area contributed by atoms with Crippen LogP contribution in [0.15, 0.2) is 18.2 Å². The molecule has 0 bridgehead atoms. The standard InChI is InChI=1S/C12H14O/c1-9-7-11(12(2)5-6-12)4-3-10(9)8-13/h3-4,7-8H,5-6H2,1-2H3. The Morgan fingerprint density at radius 2 is 2.08 bits per heavy atom. The highest BCUT2D eigenvalue weighted by molar-refractivity contribution is 5.77. The summed E-state index contributed by atoms with van der Waals surface area (Å²) in [5, 5.41) is 0. The summed E-state index contributed by atoms with van der Waals surface area (Å²) in [5.74, 6) is 0. The number of aryl methyl sites for hydroxylation is 1. The molecule has 0 unspecified atom stereocenters. The lowest BCUT2D eigenvalue weighted by molar-refractivity contribution is 0.112. The molecule has 68 valence electrons. The zero-order chi connectivity index (χ0) is 9.47. The summed E-state index contributed by atoms with van der Waals surface area (Å²) in [4.78, 5) is 10.6. The molecule has 2 rings (SSSR count). The number of hydrogen-bond donors (Lipinski definition) is 0. The van der Waals surface area contributed by atoms with Crippen molar-refractivity contribution in [2.75, 3.05) is 0 Å². The maximum absolute atomic E-state index is 10.6. The Morgan fingerprint density at radius 1 is 1.38 bits per heavy atom. The van der Waals surface area contributed by atoms with Crippen LogP contribution < -0.4 is 0 Å². The van der Waals surface area contributed by atoms with Crippen molar-refractivity contribution in [1.29, 1.82) is 0 Å². The van der Waals surface area contributed by atoms with Gasteiger partial charge in [-0.15, -0.1) is 0 Å². The third-order valence-electron chi connectivity index (χ3n) is 3.09. The van der Waals surface area contributed by atoms with Gasteiger partial charge in [0, 0.05) is 5.56 Å². The van der Waals surface area contributed by atoms with Crippen molar-refractivity contribution in [3.8, 4) is 0 Å². The second kappa shape index (κ2) is 2.69. The smallest absolute Gasteiger partial charge is 0.150 e. The first-order valence-corrected chi connectivity index (χ1v) is 4.72. The van der Waals surface area contributed by atoms with Gasteiger partial charge in [-0.25, -0.2) is 0 Å². The van der Waals surface area contributed by atoms with E-state index >= 15 is 0 Å². The average Bonchev–Trinajstić information content (AvgIpc) is 2.85. The molecule has 0 heterocycles. The van der Waals surface area contributed by atoms with Crippen molar-refractivity contribution in [3.05, 3.63) is 34.9 Å². The first-order chi connectivity index (χ1) is 6.15. The molecule has 1 aromatic rings. The van der Waals surface area contributed by atoms with Crippen LogP contribution in [0.5, 0.6) is 0 Å². The minimum absolute atomic E-state index is 0.409. The lowest BCUT2D eigenvalue weighted by Gasteiger charge is -2.10. The third kappa shape index (κ3) is 1.39. The number of rotatable bonds is 2. The maximum Gasteiger partial charge on any atom is 0.150 e. The molecule has 0 aliphatic heterocycles. The molecular formula is C12H14O. The van der Waals surface area contributed by atoms with Gasteiger partial charge in [-0.3, -0.25) is 4.79 Å². The molecule has 0 radical (unpaired) electrons. The number of carbonyl (C=O) groups excluding carboxylic acids is 1. The topological polar surface area (TPSA) is 17.1 Å². The van der Waals surface area contributed by atoms with Gasteiger partial charge in [0.25, 0.3) is 0 Å². The molecule has 13 heavy (non-hydrogen) atoms. The van der Waals surface area contributed by atoms with E-state index in [9.17, 15) is 4.79 Å². The molecule has 1 aromatic carbocycles. The summed E-state index contributed by atoms with van der Waals surface area (Å²) in [7, 11) is 0. The quantitative estimate of drug-likeness (QED) is 0.630. The van der Waals surface area contributed by atoms with Gasteiger partial charge in [-0.05, 0) is 36.3 Å². The van der Waals surface area contributed by atoms with Crippen molar-refractivity contribution in [2.45, 2.75) is 32.1 Å². The summed E-state index contributed by atoms with van der Waals surface area (Å²) in [6.45, 7) is 4.28.